The highest BCUT2D eigenvalue weighted by molar-refractivity contribution is 7.92. The largest absolute Gasteiger partial charge is 0.363 e. The second kappa shape index (κ2) is 8.43. The molecule has 0 spiro atoms. The number of aromatic nitrogens is 3. The van der Waals surface area contributed by atoms with Crippen LogP contribution in [-0.4, -0.2) is 23.4 Å². The smallest absolute Gasteiger partial charge is 0.264 e. The maximum Gasteiger partial charge on any atom is 0.264 e. The molecule has 0 radical (unpaired) electrons. The van der Waals surface area contributed by atoms with Gasteiger partial charge in [0, 0.05) is 18.9 Å². The lowest BCUT2D eigenvalue weighted by Gasteiger charge is -2.14. The number of hydrogen-bond donors (Lipinski definition) is 2. The lowest BCUT2D eigenvalue weighted by molar-refractivity contribution is 0.601. The molecule has 0 saturated carbocycles. The molecule has 4 aromatic rings. The highest BCUT2D eigenvalue weighted by Gasteiger charge is 2.22. The van der Waals surface area contributed by atoms with Crippen molar-refractivity contribution in [1.82, 2.24) is 15.0 Å². The number of nitrogens with zero attached hydrogens (tertiary/aromatic N) is 3. The summed E-state index contributed by atoms with van der Waals surface area (Å²) in [4.78, 5) is 12.9. The van der Waals surface area contributed by atoms with Crippen LogP contribution in [0, 0.1) is 0 Å². The van der Waals surface area contributed by atoms with E-state index in [1.807, 2.05) is 18.2 Å². The first-order valence-corrected chi connectivity index (χ1v) is 11.0. The summed E-state index contributed by atoms with van der Waals surface area (Å²) >= 11 is 12.1. The zero-order valence-corrected chi connectivity index (χ0v) is 17.7. The van der Waals surface area contributed by atoms with Crippen LogP contribution >= 0.6 is 23.2 Å². The Labute approximate surface area is 183 Å². The van der Waals surface area contributed by atoms with Crippen LogP contribution in [0.4, 0.5) is 11.6 Å². The molecule has 2 aromatic carbocycles. The van der Waals surface area contributed by atoms with Crippen LogP contribution in [0.2, 0.25) is 10.0 Å². The van der Waals surface area contributed by atoms with Crippen molar-refractivity contribution in [3.05, 3.63) is 82.6 Å². The van der Waals surface area contributed by atoms with E-state index in [0.717, 1.165) is 5.56 Å². The van der Waals surface area contributed by atoms with Gasteiger partial charge >= 0.3 is 0 Å². The summed E-state index contributed by atoms with van der Waals surface area (Å²) in [7, 11) is -4.06. The summed E-state index contributed by atoms with van der Waals surface area (Å²) in [5, 5.41) is 3.20. The van der Waals surface area contributed by atoms with Crippen LogP contribution in [0.25, 0.3) is 11.0 Å². The van der Waals surface area contributed by atoms with Crippen molar-refractivity contribution in [3.63, 3.8) is 0 Å². The number of sulfonamides is 1. The van der Waals surface area contributed by atoms with Crippen molar-refractivity contribution < 1.29 is 8.42 Å². The summed E-state index contributed by atoms with van der Waals surface area (Å²) in [5.74, 6) is 0.327. The molecule has 7 nitrogen and oxygen atoms in total. The Morgan fingerprint density at radius 3 is 2.30 bits per heavy atom. The number of pyridine rings is 1. The van der Waals surface area contributed by atoms with Crippen molar-refractivity contribution in [3.8, 4) is 0 Å². The molecule has 10 heteroatoms. The zero-order valence-electron chi connectivity index (χ0n) is 15.4. The molecule has 0 aliphatic heterocycles. The zero-order chi connectivity index (χ0) is 21.1. The van der Waals surface area contributed by atoms with E-state index in [9.17, 15) is 8.42 Å². The molecule has 0 aliphatic rings. The second-order valence-corrected chi connectivity index (χ2v) is 8.72. The fourth-order valence-corrected chi connectivity index (χ4v) is 4.53. The van der Waals surface area contributed by atoms with Crippen LogP contribution in [0.3, 0.4) is 0 Å². The molecule has 152 valence electrons. The van der Waals surface area contributed by atoms with Crippen LogP contribution in [0.15, 0.2) is 71.9 Å². The molecule has 0 fully saturated rings. The maximum absolute atomic E-state index is 13.0. The van der Waals surface area contributed by atoms with Crippen LogP contribution < -0.4 is 10.0 Å². The van der Waals surface area contributed by atoms with Gasteiger partial charge in [0.15, 0.2) is 11.6 Å². The van der Waals surface area contributed by atoms with Gasteiger partial charge in [0.2, 0.25) is 0 Å². The van der Waals surface area contributed by atoms with Gasteiger partial charge in [-0.15, -0.1) is 0 Å². The van der Waals surface area contributed by atoms with Crippen molar-refractivity contribution in [2.75, 3.05) is 10.0 Å². The van der Waals surface area contributed by atoms with Gasteiger partial charge in [-0.1, -0.05) is 47.5 Å². The minimum Gasteiger partial charge on any atom is -0.363 e. The quantitative estimate of drug-likeness (QED) is 0.431. The lowest BCUT2D eigenvalue weighted by Crippen LogP contribution is -2.17. The van der Waals surface area contributed by atoms with Crippen molar-refractivity contribution in [2.45, 2.75) is 11.4 Å². The third-order valence-corrected chi connectivity index (χ3v) is 6.50. The van der Waals surface area contributed by atoms with Gasteiger partial charge in [-0.3, -0.25) is 9.71 Å². The number of halogens is 2. The van der Waals surface area contributed by atoms with E-state index in [4.69, 9.17) is 23.2 Å². The van der Waals surface area contributed by atoms with Crippen LogP contribution in [0.5, 0.6) is 0 Å². The monoisotopic (exact) mass is 459 g/mol. The molecule has 0 unspecified atom stereocenters. The van der Waals surface area contributed by atoms with Gasteiger partial charge in [0.25, 0.3) is 10.0 Å². The van der Waals surface area contributed by atoms with E-state index in [0.29, 0.717) is 17.6 Å². The maximum atomic E-state index is 13.0. The predicted octanol–water partition coefficient (Wildman–Crippen LogP) is 4.74. The molecule has 2 heterocycles. The van der Waals surface area contributed by atoms with Gasteiger partial charge in [-0.05, 0) is 35.9 Å². The molecule has 0 atom stereocenters. The third kappa shape index (κ3) is 4.30. The van der Waals surface area contributed by atoms with E-state index in [1.165, 1.54) is 18.2 Å². The Morgan fingerprint density at radius 1 is 0.867 bits per heavy atom. The number of fused-ring (bicyclic) bond motifs is 1. The van der Waals surface area contributed by atoms with Gasteiger partial charge in [-0.25, -0.2) is 18.4 Å². The summed E-state index contributed by atoms with van der Waals surface area (Å²) in [6.07, 6.45) is 3.38. The Kier molecular flexibility index (Phi) is 5.72. The number of rotatable bonds is 6. The van der Waals surface area contributed by atoms with E-state index < -0.39 is 10.0 Å². The van der Waals surface area contributed by atoms with Gasteiger partial charge in [-0.2, -0.15) is 0 Å². The molecule has 0 bridgehead atoms. The average molecular weight is 460 g/mol. The number of nitrogens with one attached hydrogen (secondary N) is 2. The predicted molar refractivity (Wildman–Crippen MR) is 118 cm³/mol. The Bertz CT molecular complexity index is 1320. The Morgan fingerprint density at radius 2 is 1.60 bits per heavy atom. The highest BCUT2D eigenvalue weighted by atomic mass is 35.5. The SMILES string of the molecule is O=S(=O)(Nc1nc2ccccc2nc1NCc1cccnc1)c1cccc(Cl)c1Cl. The summed E-state index contributed by atoms with van der Waals surface area (Å²) in [6, 6.07) is 15.3. The fraction of sp³-hybridized carbons (Fsp3) is 0.0500. The molecule has 4 rings (SSSR count). The molecule has 2 N–H and O–H groups in total. The summed E-state index contributed by atoms with van der Waals surface area (Å²) in [6.45, 7) is 0.382. The Balaban J connectivity index is 1.73. The average Bonchev–Trinajstić information content (AvgIpc) is 2.74. The first-order valence-electron chi connectivity index (χ1n) is 8.80. The van der Waals surface area contributed by atoms with E-state index in [1.54, 1.807) is 30.6 Å². The van der Waals surface area contributed by atoms with Gasteiger partial charge in [0.1, 0.15) is 4.90 Å². The molecule has 2 aromatic heterocycles. The number of anilines is 2. The fourth-order valence-electron chi connectivity index (χ4n) is 2.76. The molecule has 0 saturated heterocycles. The molecule has 0 amide bonds. The van der Waals surface area contributed by atoms with E-state index in [2.05, 4.69) is 25.0 Å². The van der Waals surface area contributed by atoms with E-state index in [-0.39, 0.29) is 26.6 Å². The number of benzene rings is 2. The van der Waals surface area contributed by atoms with Gasteiger partial charge < -0.3 is 5.32 Å². The normalized spacial score (nSPS) is 11.4. The van der Waals surface area contributed by atoms with Crippen molar-refractivity contribution in [1.29, 1.82) is 0 Å². The lowest BCUT2D eigenvalue weighted by atomic mass is 10.3. The van der Waals surface area contributed by atoms with Crippen LogP contribution in [0.1, 0.15) is 5.56 Å². The minimum atomic E-state index is -4.06. The summed E-state index contributed by atoms with van der Waals surface area (Å²) < 4.78 is 28.4. The molecular weight excluding hydrogens is 445 g/mol. The van der Waals surface area contributed by atoms with Crippen molar-refractivity contribution >= 4 is 55.9 Å². The summed E-state index contributed by atoms with van der Waals surface area (Å²) in [5.41, 5.74) is 2.06. The standard InChI is InChI=1S/C20H15Cl2N5O2S/c21-14-6-3-9-17(18(14)22)30(28,29)27-20-19(24-12-13-5-4-10-23-11-13)25-15-7-1-2-8-16(15)26-20/h1-11H,12H2,(H,24,25)(H,26,27). The topological polar surface area (TPSA) is 96.9 Å². The highest BCUT2D eigenvalue weighted by Crippen LogP contribution is 2.31. The molecular formula is C20H15Cl2N5O2S. The van der Waals surface area contributed by atoms with Gasteiger partial charge in [0.05, 0.1) is 21.1 Å². The van der Waals surface area contributed by atoms with Crippen molar-refractivity contribution in [2.24, 2.45) is 0 Å². The minimum absolute atomic E-state index is 0.0497. The van der Waals surface area contributed by atoms with Crippen LogP contribution in [-0.2, 0) is 16.6 Å². The molecule has 30 heavy (non-hydrogen) atoms. The number of hydrogen-bond acceptors (Lipinski definition) is 6. The first kappa shape index (κ1) is 20.3. The van der Waals surface area contributed by atoms with E-state index >= 15 is 0 Å². The second-order valence-electron chi connectivity index (χ2n) is 6.28. The first-order chi connectivity index (χ1) is 14.4. The number of para-hydroxylation sites is 2. The Hall–Kier alpha value is -2.94. The third-order valence-electron chi connectivity index (χ3n) is 4.19. The molecule has 0 aliphatic carbocycles.